The lowest BCUT2D eigenvalue weighted by atomic mass is 9.98. The Balaban J connectivity index is 1.54. The molecule has 1 amide bonds. The number of halogens is 1. The Morgan fingerprint density at radius 2 is 1.73 bits per heavy atom. The third-order valence-corrected chi connectivity index (χ3v) is 7.50. The summed E-state index contributed by atoms with van der Waals surface area (Å²) in [6.45, 7) is 0.527. The molecule has 0 aliphatic carbocycles. The zero-order valence-electron chi connectivity index (χ0n) is 16.7. The number of rotatable bonds is 4. The summed E-state index contributed by atoms with van der Waals surface area (Å²) in [5.41, 5.74) is 0.580. The Kier molecular flexibility index (Phi) is 5.58. The fourth-order valence-corrected chi connectivity index (χ4v) is 5.46. The number of hydrogen-bond acceptors (Lipinski definition) is 3. The SMILES string of the molecule is CN(C(=O)[C@@H]1CCCN(S(=O)(=O)c2ccc3ccccc3c2)C1)c1ccc(F)cc1. The van der Waals surface area contributed by atoms with Crippen molar-refractivity contribution in [2.75, 3.05) is 25.0 Å². The van der Waals surface area contributed by atoms with Crippen LogP contribution in [0.2, 0.25) is 0 Å². The van der Waals surface area contributed by atoms with Crippen LogP contribution in [0.1, 0.15) is 12.8 Å². The van der Waals surface area contributed by atoms with Crippen LogP contribution in [0.25, 0.3) is 10.8 Å². The minimum absolute atomic E-state index is 0.138. The summed E-state index contributed by atoms with van der Waals surface area (Å²) in [5, 5.41) is 1.84. The molecule has 30 heavy (non-hydrogen) atoms. The van der Waals surface area contributed by atoms with Gasteiger partial charge in [0.1, 0.15) is 5.82 Å². The molecule has 1 aliphatic heterocycles. The second-order valence-corrected chi connectivity index (χ2v) is 9.52. The lowest BCUT2D eigenvalue weighted by Crippen LogP contribution is -2.45. The smallest absolute Gasteiger partial charge is 0.243 e. The second-order valence-electron chi connectivity index (χ2n) is 7.58. The van der Waals surface area contributed by atoms with Gasteiger partial charge in [-0.05, 0) is 60.0 Å². The van der Waals surface area contributed by atoms with Gasteiger partial charge in [-0.25, -0.2) is 12.8 Å². The third-order valence-electron chi connectivity index (χ3n) is 5.64. The predicted molar refractivity (Wildman–Crippen MR) is 115 cm³/mol. The van der Waals surface area contributed by atoms with E-state index >= 15 is 0 Å². The number of sulfonamides is 1. The molecule has 7 heteroatoms. The quantitative estimate of drug-likeness (QED) is 0.633. The molecule has 4 rings (SSSR count). The van der Waals surface area contributed by atoms with Crippen molar-refractivity contribution >= 4 is 32.4 Å². The maximum absolute atomic E-state index is 13.2. The first-order valence-electron chi connectivity index (χ1n) is 9.88. The van der Waals surface area contributed by atoms with E-state index in [-0.39, 0.29) is 23.2 Å². The van der Waals surface area contributed by atoms with E-state index < -0.39 is 15.9 Å². The van der Waals surface area contributed by atoms with Gasteiger partial charge in [-0.3, -0.25) is 4.79 Å². The van der Waals surface area contributed by atoms with Crippen LogP contribution in [0.3, 0.4) is 0 Å². The summed E-state index contributed by atoms with van der Waals surface area (Å²) < 4.78 is 41.0. The summed E-state index contributed by atoms with van der Waals surface area (Å²) >= 11 is 0. The number of piperidine rings is 1. The average Bonchev–Trinajstić information content (AvgIpc) is 2.78. The molecule has 1 fully saturated rings. The number of benzene rings is 3. The highest BCUT2D eigenvalue weighted by Gasteiger charge is 2.34. The summed E-state index contributed by atoms with van der Waals surface area (Å²) in [7, 11) is -2.07. The van der Waals surface area contributed by atoms with Crippen molar-refractivity contribution in [1.29, 1.82) is 0 Å². The predicted octanol–water partition coefficient (Wildman–Crippen LogP) is 4.04. The van der Waals surface area contributed by atoms with Crippen LogP contribution in [-0.4, -0.2) is 38.8 Å². The highest BCUT2D eigenvalue weighted by atomic mass is 32.2. The van der Waals surface area contributed by atoms with Crippen LogP contribution in [0, 0.1) is 11.7 Å². The number of hydrogen-bond donors (Lipinski definition) is 0. The first-order chi connectivity index (χ1) is 14.4. The van der Waals surface area contributed by atoms with E-state index in [1.165, 1.54) is 21.3 Å². The first-order valence-corrected chi connectivity index (χ1v) is 11.3. The molecule has 1 heterocycles. The van der Waals surface area contributed by atoms with E-state index in [2.05, 4.69) is 0 Å². The minimum Gasteiger partial charge on any atom is -0.315 e. The molecule has 0 saturated carbocycles. The van der Waals surface area contributed by atoms with E-state index in [0.29, 0.717) is 25.1 Å². The Labute approximate surface area is 175 Å². The van der Waals surface area contributed by atoms with E-state index in [1.54, 1.807) is 37.4 Å². The van der Waals surface area contributed by atoms with Gasteiger partial charge in [0, 0.05) is 25.8 Å². The first kappa shape index (κ1) is 20.5. The van der Waals surface area contributed by atoms with Crippen molar-refractivity contribution < 1.29 is 17.6 Å². The van der Waals surface area contributed by atoms with Gasteiger partial charge in [0.05, 0.1) is 10.8 Å². The highest BCUT2D eigenvalue weighted by Crippen LogP contribution is 2.28. The van der Waals surface area contributed by atoms with Crippen molar-refractivity contribution in [3.8, 4) is 0 Å². The molecule has 1 aliphatic rings. The number of nitrogens with zero attached hydrogens (tertiary/aromatic N) is 2. The number of anilines is 1. The van der Waals surface area contributed by atoms with Crippen molar-refractivity contribution in [1.82, 2.24) is 4.31 Å². The fraction of sp³-hybridized carbons (Fsp3) is 0.261. The summed E-state index contributed by atoms with van der Waals surface area (Å²) in [4.78, 5) is 14.7. The normalized spacial score (nSPS) is 17.7. The number of fused-ring (bicyclic) bond motifs is 1. The fourth-order valence-electron chi connectivity index (χ4n) is 3.91. The molecule has 1 saturated heterocycles. The van der Waals surface area contributed by atoms with Crippen molar-refractivity contribution in [2.24, 2.45) is 5.92 Å². The number of amides is 1. The van der Waals surface area contributed by atoms with E-state index in [0.717, 1.165) is 10.8 Å². The van der Waals surface area contributed by atoms with Gasteiger partial charge in [0.15, 0.2) is 0 Å². The zero-order chi connectivity index (χ0) is 21.3. The Hall–Kier alpha value is -2.77. The van der Waals surface area contributed by atoms with Crippen LogP contribution in [0.4, 0.5) is 10.1 Å². The summed E-state index contributed by atoms with van der Waals surface area (Å²) in [5.74, 6) is -0.978. The molecule has 3 aromatic rings. The highest BCUT2D eigenvalue weighted by molar-refractivity contribution is 7.89. The van der Waals surface area contributed by atoms with E-state index in [1.807, 2.05) is 24.3 Å². The Morgan fingerprint density at radius 3 is 2.47 bits per heavy atom. The molecular weight excluding hydrogens is 403 g/mol. The van der Waals surface area contributed by atoms with E-state index in [9.17, 15) is 17.6 Å². The van der Waals surface area contributed by atoms with Gasteiger partial charge >= 0.3 is 0 Å². The van der Waals surface area contributed by atoms with Crippen LogP contribution < -0.4 is 4.90 Å². The molecule has 0 spiro atoms. The maximum Gasteiger partial charge on any atom is 0.243 e. The zero-order valence-corrected chi connectivity index (χ0v) is 17.5. The van der Waals surface area contributed by atoms with Crippen LogP contribution in [0.15, 0.2) is 71.6 Å². The van der Waals surface area contributed by atoms with Gasteiger partial charge in [-0.15, -0.1) is 0 Å². The van der Waals surface area contributed by atoms with Gasteiger partial charge < -0.3 is 4.90 Å². The minimum atomic E-state index is -3.70. The molecule has 0 radical (unpaired) electrons. The summed E-state index contributed by atoms with van der Waals surface area (Å²) in [6, 6.07) is 18.4. The van der Waals surface area contributed by atoms with E-state index in [4.69, 9.17) is 0 Å². The topological polar surface area (TPSA) is 57.7 Å². The molecule has 5 nitrogen and oxygen atoms in total. The van der Waals surface area contributed by atoms with Gasteiger partial charge in [0.25, 0.3) is 0 Å². The van der Waals surface area contributed by atoms with Gasteiger partial charge in [0.2, 0.25) is 15.9 Å². The Morgan fingerprint density at radius 1 is 1.03 bits per heavy atom. The summed E-state index contributed by atoms with van der Waals surface area (Å²) in [6.07, 6.45) is 1.23. The molecule has 0 aromatic heterocycles. The standard InChI is InChI=1S/C23H23FN2O3S/c1-25(21-11-9-20(24)10-12-21)23(27)19-7-4-14-26(16-19)30(28,29)22-13-8-17-5-2-3-6-18(17)15-22/h2-3,5-6,8-13,15,19H,4,7,14,16H2,1H3/t19-/m1/s1. The number of carbonyl (C=O) groups excluding carboxylic acids is 1. The third kappa shape index (κ3) is 3.95. The van der Waals surface area contributed by atoms with Gasteiger partial charge in [-0.1, -0.05) is 30.3 Å². The molecule has 0 N–H and O–H groups in total. The second kappa shape index (κ2) is 8.16. The van der Waals surface area contributed by atoms with Crippen LogP contribution >= 0.6 is 0 Å². The lowest BCUT2D eigenvalue weighted by molar-refractivity contribution is -0.123. The van der Waals surface area contributed by atoms with Crippen LogP contribution in [-0.2, 0) is 14.8 Å². The van der Waals surface area contributed by atoms with Crippen LogP contribution in [0.5, 0.6) is 0 Å². The lowest BCUT2D eigenvalue weighted by Gasteiger charge is -2.33. The molecule has 3 aromatic carbocycles. The largest absolute Gasteiger partial charge is 0.315 e. The van der Waals surface area contributed by atoms with Crippen molar-refractivity contribution in [3.05, 3.63) is 72.5 Å². The van der Waals surface area contributed by atoms with Crippen molar-refractivity contribution in [3.63, 3.8) is 0 Å². The van der Waals surface area contributed by atoms with Crippen molar-refractivity contribution in [2.45, 2.75) is 17.7 Å². The average molecular weight is 427 g/mol. The molecule has 0 bridgehead atoms. The monoisotopic (exact) mass is 426 g/mol. The Bertz CT molecular complexity index is 1180. The van der Waals surface area contributed by atoms with Gasteiger partial charge in [-0.2, -0.15) is 4.31 Å². The maximum atomic E-state index is 13.2. The molecule has 1 atom stereocenters. The molecule has 156 valence electrons. The number of carbonyl (C=O) groups is 1. The molecular formula is C23H23FN2O3S. The molecule has 0 unspecified atom stereocenters.